The number of aromatic nitrogens is 3. The number of hydrogen-bond acceptors (Lipinski definition) is 5. The van der Waals surface area contributed by atoms with Crippen molar-refractivity contribution < 1.29 is 9.21 Å². The standard InChI is InChI=1S/C25H20N4O2S/c1-17(24(30)26-21-14-7-10-18-9-5-6-13-20(18)21)32-25-28-27-23(22-15-8-16-31-22)29(25)19-11-3-2-4-12-19/h2-17H,1H3,(H,26,30)/t17-/m1/s1. The van der Waals surface area contributed by atoms with Crippen molar-refractivity contribution in [1.29, 1.82) is 0 Å². The predicted octanol–water partition coefficient (Wildman–Crippen LogP) is 5.80. The summed E-state index contributed by atoms with van der Waals surface area (Å²) in [6.45, 7) is 1.86. The van der Waals surface area contributed by atoms with Crippen LogP contribution in [0, 0.1) is 0 Å². The summed E-state index contributed by atoms with van der Waals surface area (Å²) in [6, 6.07) is 27.3. The number of para-hydroxylation sites is 1. The fraction of sp³-hybridized carbons (Fsp3) is 0.0800. The number of fused-ring (bicyclic) bond motifs is 1. The van der Waals surface area contributed by atoms with Crippen molar-refractivity contribution in [3.05, 3.63) is 91.2 Å². The minimum absolute atomic E-state index is 0.103. The van der Waals surface area contributed by atoms with E-state index in [1.807, 2.05) is 96.4 Å². The van der Waals surface area contributed by atoms with Crippen LogP contribution in [-0.2, 0) is 4.79 Å². The molecule has 3 aromatic carbocycles. The highest BCUT2D eigenvalue weighted by molar-refractivity contribution is 8.00. The molecule has 0 bridgehead atoms. The van der Waals surface area contributed by atoms with Crippen LogP contribution in [0.2, 0.25) is 0 Å². The van der Waals surface area contributed by atoms with Gasteiger partial charge in [0.1, 0.15) is 0 Å². The number of benzene rings is 3. The molecule has 0 aliphatic carbocycles. The molecule has 0 saturated heterocycles. The number of furan rings is 1. The Labute approximate surface area is 189 Å². The Morgan fingerprint density at radius 2 is 1.72 bits per heavy atom. The number of anilines is 1. The molecule has 6 nitrogen and oxygen atoms in total. The van der Waals surface area contributed by atoms with Gasteiger partial charge in [0.2, 0.25) is 11.7 Å². The van der Waals surface area contributed by atoms with Gasteiger partial charge in [-0.15, -0.1) is 10.2 Å². The number of rotatable bonds is 6. The van der Waals surface area contributed by atoms with E-state index in [1.165, 1.54) is 11.8 Å². The summed E-state index contributed by atoms with van der Waals surface area (Å²) in [4.78, 5) is 13.0. The van der Waals surface area contributed by atoms with E-state index in [4.69, 9.17) is 4.42 Å². The van der Waals surface area contributed by atoms with Crippen LogP contribution >= 0.6 is 11.8 Å². The molecule has 1 atom stereocenters. The Morgan fingerprint density at radius 1 is 0.938 bits per heavy atom. The summed E-state index contributed by atoms with van der Waals surface area (Å²) in [5.74, 6) is 1.10. The lowest BCUT2D eigenvalue weighted by Gasteiger charge is -2.14. The van der Waals surface area contributed by atoms with Gasteiger partial charge in [-0.3, -0.25) is 9.36 Å². The van der Waals surface area contributed by atoms with Crippen LogP contribution in [0.15, 0.2) is 101 Å². The maximum absolute atomic E-state index is 13.0. The van der Waals surface area contributed by atoms with Crippen LogP contribution < -0.4 is 5.32 Å². The highest BCUT2D eigenvalue weighted by atomic mass is 32.2. The molecular formula is C25H20N4O2S. The Balaban J connectivity index is 1.43. The highest BCUT2D eigenvalue weighted by Gasteiger charge is 2.23. The molecule has 0 saturated carbocycles. The monoisotopic (exact) mass is 440 g/mol. The van der Waals surface area contributed by atoms with E-state index in [1.54, 1.807) is 6.26 Å². The minimum atomic E-state index is -0.398. The fourth-order valence-corrected chi connectivity index (χ4v) is 4.37. The molecule has 2 heterocycles. The van der Waals surface area contributed by atoms with Gasteiger partial charge in [-0.25, -0.2) is 0 Å². The van der Waals surface area contributed by atoms with E-state index in [9.17, 15) is 4.79 Å². The normalized spacial score (nSPS) is 12.0. The van der Waals surface area contributed by atoms with Crippen molar-refractivity contribution in [3.8, 4) is 17.3 Å². The van der Waals surface area contributed by atoms with Crippen molar-refractivity contribution in [3.63, 3.8) is 0 Å². The number of hydrogen-bond donors (Lipinski definition) is 1. The summed E-state index contributed by atoms with van der Waals surface area (Å²) in [5, 5.41) is 14.1. The largest absolute Gasteiger partial charge is 0.461 e. The molecule has 0 radical (unpaired) electrons. The van der Waals surface area contributed by atoms with Gasteiger partial charge in [0.25, 0.3) is 0 Å². The molecule has 158 valence electrons. The van der Waals surface area contributed by atoms with Crippen molar-refractivity contribution in [1.82, 2.24) is 14.8 Å². The van der Waals surface area contributed by atoms with E-state index in [-0.39, 0.29) is 5.91 Å². The maximum Gasteiger partial charge on any atom is 0.237 e. The lowest BCUT2D eigenvalue weighted by molar-refractivity contribution is -0.115. The first-order valence-corrected chi connectivity index (χ1v) is 11.1. The van der Waals surface area contributed by atoms with Crippen LogP contribution in [0.3, 0.4) is 0 Å². The van der Waals surface area contributed by atoms with E-state index in [2.05, 4.69) is 15.5 Å². The summed E-state index contributed by atoms with van der Waals surface area (Å²) in [6.07, 6.45) is 1.60. The second kappa shape index (κ2) is 8.72. The minimum Gasteiger partial charge on any atom is -0.461 e. The molecule has 2 aromatic heterocycles. The molecule has 0 spiro atoms. The number of thioether (sulfide) groups is 1. The third-order valence-corrected chi connectivity index (χ3v) is 6.13. The zero-order valence-corrected chi connectivity index (χ0v) is 18.1. The Morgan fingerprint density at radius 3 is 2.53 bits per heavy atom. The SMILES string of the molecule is C[C@@H](Sc1nnc(-c2ccco2)n1-c1ccccc1)C(=O)Nc1cccc2ccccc12. The zero-order chi connectivity index (χ0) is 21.9. The third-order valence-electron chi connectivity index (χ3n) is 5.09. The van der Waals surface area contributed by atoms with Crippen LogP contribution in [0.1, 0.15) is 6.92 Å². The first kappa shape index (κ1) is 20.1. The van der Waals surface area contributed by atoms with Crippen LogP contribution in [0.5, 0.6) is 0 Å². The predicted molar refractivity (Wildman–Crippen MR) is 127 cm³/mol. The number of carbonyl (C=O) groups is 1. The summed E-state index contributed by atoms with van der Waals surface area (Å²) >= 11 is 1.35. The van der Waals surface area contributed by atoms with Crippen molar-refractivity contribution >= 4 is 34.1 Å². The maximum atomic E-state index is 13.0. The first-order chi connectivity index (χ1) is 15.7. The number of nitrogens with zero attached hydrogens (tertiary/aromatic N) is 3. The molecule has 5 rings (SSSR count). The second-order valence-corrected chi connectivity index (χ2v) is 8.54. The highest BCUT2D eigenvalue weighted by Crippen LogP contribution is 2.31. The molecular weight excluding hydrogens is 420 g/mol. The zero-order valence-electron chi connectivity index (χ0n) is 17.3. The van der Waals surface area contributed by atoms with Gasteiger partial charge in [-0.1, -0.05) is 66.4 Å². The molecule has 1 N–H and O–H groups in total. The molecule has 0 aliphatic rings. The van der Waals surface area contributed by atoms with Gasteiger partial charge in [0.15, 0.2) is 10.9 Å². The Hall–Kier alpha value is -3.84. The van der Waals surface area contributed by atoms with Gasteiger partial charge in [0.05, 0.1) is 11.5 Å². The molecule has 7 heteroatoms. The molecule has 0 fully saturated rings. The Bertz CT molecular complexity index is 1360. The average molecular weight is 441 g/mol. The Kier molecular flexibility index (Phi) is 5.47. The van der Waals surface area contributed by atoms with E-state index >= 15 is 0 Å². The van der Waals surface area contributed by atoms with Gasteiger partial charge in [0, 0.05) is 16.8 Å². The topological polar surface area (TPSA) is 73.0 Å². The average Bonchev–Trinajstić information content (AvgIpc) is 3.50. The van der Waals surface area contributed by atoms with Gasteiger partial charge in [-0.2, -0.15) is 0 Å². The summed E-state index contributed by atoms with van der Waals surface area (Å²) < 4.78 is 7.46. The molecule has 1 amide bonds. The quantitative estimate of drug-likeness (QED) is 0.338. The molecule has 5 aromatic rings. The van der Waals surface area contributed by atoms with Crippen molar-refractivity contribution in [2.45, 2.75) is 17.3 Å². The van der Waals surface area contributed by atoms with Gasteiger partial charge >= 0.3 is 0 Å². The number of amides is 1. The molecule has 0 aliphatic heterocycles. The molecule has 32 heavy (non-hydrogen) atoms. The smallest absolute Gasteiger partial charge is 0.237 e. The summed E-state index contributed by atoms with van der Waals surface area (Å²) in [5.41, 5.74) is 1.69. The van der Waals surface area contributed by atoms with Gasteiger partial charge < -0.3 is 9.73 Å². The lowest BCUT2D eigenvalue weighted by atomic mass is 10.1. The second-order valence-electron chi connectivity index (χ2n) is 7.23. The fourth-order valence-electron chi connectivity index (χ4n) is 3.50. The molecule has 0 unspecified atom stereocenters. The van der Waals surface area contributed by atoms with Crippen molar-refractivity contribution in [2.75, 3.05) is 5.32 Å². The van der Waals surface area contributed by atoms with E-state index in [0.29, 0.717) is 16.7 Å². The third kappa shape index (κ3) is 3.90. The first-order valence-electron chi connectivity index (χ1n) is 10.2. The van der Waals surface area contributed by atoms with E-state index in [0.717, 1.165) is 22.1 Å². The summed E-state index contributed by atoms with van der Waals surface area (Å²) in [7, 11) is 0. The number of carbonyl (C=O) groups excluding carboxylic acids is 1. The lowest BCUT2D eigenvalue weighted by Crippen LogP contribution is -2.23. The number of nitrogens with one attached hydrogen (secondary N) is 1. The van der Waals surface area contributed by atoms with Crippen LogP contribution in [0.4, 0.5) is 5.69 Å². The van der Waals surface area contributed by atoms with E-state index < -0.39 is 5.25 Å². The van der Waals surface area contributed by atoms with Gasteiger partial charge in [-0.05, 0) is 42.6 Å². The van der Waals surface area contributed by atoms with Crippen LogP contribution in [0.25, 0.3) is 28.0 Å². The van der Waals surface area contributed by atoms with Crippen molar-refractivity contribution in [2.24, 2.45) is 0 Å². The van der Waals surface area contributed by atoms with Crippen LogP contribution in [-0.4, -0.2) is 25.9 Å².